The lowest BCUT2D eigenvalue weighted by atomic mass is 10.2. The Morgan fingerprint density at radius 1 is 1.30 bits per heavy atom. The Hall–Kier alpha value is -1.15. The van der Waals surface area contributed by atoms with Gasteiger partial charge < -0.3 is 11.1 Å². The standard InChI is InChI=1S/C12H19N3O3S.ClH/c1-10(13)12(16)14-7-8-19(17,18)15-9-11-5-3-2-4-6-11;/h2-6,10,15H,7-9,13H2,1H3,(H,14,16);1H/t10-;/m0./s1. The van der Waals surface area contributed by atoms with E-state index in [1.807, 2.05) is 30.3 Å². The molecule has 114 valence electrons. The minimum absolute atomic E-state index is 0. The molecule has 0 radical (unpaired) electrons. The Morgan fingerprint density at radius 3 is 2.45 bits per heavy atom. The van der Waals surface area contributed by atoms with E-state index in [1.54, 1.807) is 0 Å². The van der Waals surface area contributed by atoms with E-state index in [1.165, 1.54) is 6.92 Å². The second kappa shape index (κ2) is 8.91. The van der Waals surface area contributed by atoms with Gasteiger partial charge in [-0.05, 0) is 12.5 Å². The summed E-state index contributed by atoms with van der Waals surface area (Å²) in [6, 6.07) is 8.57. The lowest BCUT2D eigenvalue weighted by Gasteiger charge is -2.09. The van der Waals surface area contributed by atoms with E-state index in [4.69, 9.17) is 5.73 Å². The number of halogens is 1. The highest BCUT2D eigenvalue weighted by Crippen LogP contribution is 1.98. The summed E-state index contributed by atoms with van der Waals surface area (Å²) >= 11 is 0. The molecule has 0 unspecified atom stereocenters. The van der Waals surface area contributed by atoms with Crippen molar-refractivity contribution in [3.05, 3.63) is 35.9 Å². The summed E-state index contributed by atoms with van der Waals surface area (Å²) in [5, 5.41) is 2.45. The molecule has 0 aromatic heterocycles. The van der Waals surface area contributed by atoms with Crippen molar-refractivity contribution in [2.24, 2.45) is 5.73 Å². The highest BCUT2D eigenvalue weighted by molar-refractivity contribution is 7.89. The second-order valence-electron chi connectivity index (χ2n) is 4.21. The molecule has 1 rings (SSSR count). The first-order valence-corrected chi connectivity index (χ1v) is 7.60. The quantitative estimate of drug-likeness (QED) is 0.657. The summed E-state index contributed by atoms with van der Waals surface area (Å²) in [4.78, 5) is 11.2. The van der Waals surface area contributed by atoms with Gasteiger partial charge in [0.1, 0.15) is 0 Å². The molecule has 1 aromatic rings. The summed E-state index contributed by atoms with van der Waals surface area (Å²) < 4.78 is 25.8. The number of nitrogens with one attached hydrogen (secondary N) is 2. The van der Waals surface area contributed by atoms with Gasteiger partial charge >= 0.3 is 0 Å². The average molecular weight is 322 g/mol. The van der Waals surface area contributed by atoms with E-state index >= 15 is 0 Å². The topological polar surface area (TPSA) is 101 Å². The number of nitrogens with two attached hydrogens (primary N) is 1. The van der Waals surface area contributed by atoms with Crippen molar-refractivity contribution in [1.82, 2.24) is 10.0 Å². The van der Waals surface area contributed by atoms with Gasteiger partial charge in [0.25, 0.3) is 0 Å². The monoisotopic (exact) mass is 321 g/mol. The fourth-order valence-corrected chi connectivity index (χ4v) is 2.23. The van der Waals surface area contributed by atoms with Crippen molar-refractivity contribution in [1.29, 1.82) is 0 Å². The van der Waals surface area contributed by atoms with Gasteiger partial charge in [-0.15, -0.1) is 12.4 Å². The maximum atomic E-state index is 11.7. The lowest BCUT2D eigenvalue weighted by molar-refractivity contribution is -0.121. The molecule has 4 N–H and O–H groups in total. The Balaban J connectivity index is 0.00000361. The van der Waals surface area contributed by atoms with Crippen LogP contribution < -0.4 is 15.8 Å². The van der Waals surface area contributed by atoms with Gasteiger partial charge in [-0.1, -0.05) is 30.3 Å². The van der Waals surface area contributed by atoms with Crippen LogP contribution in [0.2, 0.25) is 0 Å². The molecule has 0 aliphatic heterocycles. The van der Waals surface area contributed by atoms with E-state index in [-0.39, 0.29) is 37.2 Å². The van der Waals surface area contributed by atoms with Crippen molar-refractivity contribution in [3.63, 3.8) is 0 Å². The fourth-order valence-electron chi connectivity index (χ4n) is 1.33. The van der Waals surface area contributed by atoms with Crippen LogP contribution in [-0.2, 0) is 21.4 Å². The zero-order chi connectivity index (χ0) is 14.3. The molecule has 20 heavy (non-hydrogen) atoms. The van der Waals surface area contributed by atoms with Gasteiger partial charge in [-0.25, -0.2) is 13.1 Å². The van der Waals surface area contributed by atoms with Crippen LogP contribution in [0.4, 0.5) is 0 Å². The minimum Gasteiger partial charge on any atom is -0.354 e. The lowest BCUT2D eigenvalue weighted by Crippen LogP contribution is -2.41. The third-order valence-corrected chi connectivity index (χ3v) is 3.75. The van der Waals surface area contributed by atoms with Crippen LogP contribution in [0.5, 0.6) is 0 Å². The van der Waals surface area contributed by atoms with Gasteiger partial charge in [-0.3, -0.25) is 4.79 Å². The maximum Gasteiger partial charge on any atom is 0.236 e. The summed E-state index contributed by atoms with van der Waals surface area (Å²) in [7, 11) is -3.41. The van der Waals surface area contributed by atoms with E-state index in [9.17, 15) is 13.2 Å². The first-order chi connectivity index (χ1) is 8.91. The molecule has 0 saturated carbocycles. The van der Waals surface area contributed by atoms with Gasteiger partial charge in [0, 0.05) is 13.1 Å². The minimum atomic E-state index is -3.41. The molecule has 6 nitrogen and oxygen atoms in total. The van der Waals surface area contributed by atoms with Crippen molar-refractivity contribution in [2.45, 2.75) is 19.5 Å². The van der Waals surface area contributed by atoms with E-state index in [2.05, 4.69) is 10.0 Å². The third-order valence-electron chi connectivity index (χ3n) is 2.42. The molecule has 8 heteroatoms. The molecule has 1 aromatic carbocycles. The number of amides is 1. The molecule has 0 aliphatic carbocycles. The molecular formula is C12H20ClN3O3S. The van der Waals surface area contributed by atoms with Crippen molar-refractivity contribution >= 4 is 28.3 Å². The van der Waals surface area contributed by atoms with Gasteiger partial charge in [0.2, 0.25) is 15.9 Å². The Kier molecular flexibility index (Phi) is 8.40. The largest absolute Gasteiger partial charge is 0.354 e. The van der Waals surface area contributed by atoms with Crippen LogP contribution in [-0.4, -0.2) is 32.7 Å². The number of benzene rings is 1. The zero-order valence-electron chi connectivity index (χ0n) is 11.2. The van der Waals surface area contributed by atoms with Crippen LogP contribution in [0.1, 0.15) is 12.5 Å². The smallest absolute Gasteiger partial charge is 0.236 e. The average Bonchev–Trinajstić information content (AvgIpc) is 2.37. The van der Waals surface area contributed by atoms with Crippen LogP contribution in [0, 0.1) is 0 Å². The van der Waals surface area contributed by atoms with Gasteiger partial charge in [0.15, 0.2) is 0 Å². The Bertz CT molecular complexity index is 506. The fraction of sp³-hybridized carbons (Fsp3) is 0.417. The molecular weight excluding hydrogens is 302 g/mol. The summed E-state index contributed by atoms with van der Waals surface area (Å²) in [5.41, 5.74) is 6.22. The van der Waals surface area contributed by atoms with E-state index in [0.717, 1.165) is 5.56 Å². The van der Waals surface area contributed by atoms with Crippen LogP contribution in [0.3, 0.4) is 0 Å². The van der Waals surface area contributed by atoms with Crippen LogP contribution in [0.15, 0.2) is 30.3 Å². The molecule has 0 fully saturated rings. The zero-order valence-corrected chi connectivity index (χ0v) is 12.8. The number of sulfonamides is 1. The van der Waals surface area contributed by atoms with Crippen molar-refractivity contribution in [2.75, 3.05) is 12.3 Å². The first-order valence-electron chi connectivity index (χ1n) is 5.95. The summed E-state index contributed by atoms with van der Waals surface area (Å²) in [5.74, 6) is -0.531. The summed E-state index contributed by atoms with van der Waals surface area (Å²) in [6.45, 7) is 1.83. The van der Waals surface area contributed by atoms with Crippen LogP contribution in [0.25, 0.3) is 0 Å². The molecule has 0 spiro atoms. The molecule has 0 heterocycles. The maximum absolute atomic E-state index is 11.7. The summed E-state index contributed by atoms with van der Waals surface area (Å²) in [6.07, 6.45) is 0. The Labute approximate surface area is 125 Å². The number of carbonyl (C=O) groups excluding carboxylic acids is 1. The number of carbonyl (C=O) groups is 1. The molecule has 0 saturated heterocycles. The van der Waals surface area contributed by atoms with Crippen molar-refractivity contribution in [3.8, 4) is 0 Å². The predicted octanol–water partition coefficient (Wildman–Crippen LogP) is -0.00880. The first kappa shape index (κ1) is 18.9. The number of rotatable bonds is 7. The second-order valence-corrected chi connectivity index (χ2v) is 6.13. The number of hydrogen-bond donors (Lipinski definition) is 3. The van der Waals surface area contributed by atoms with Gasteiger partial charge in [0.05, 0.1) is 11.8 Å². The third kappa shape index (κ3) is 7.44. The van der Waals surface area contributed by atoms with Gasteiger partial charge in [-0.2, -0.15) is 0 Å². The van der Waals surface area contributed by atoms with Crippen molar-refractivity contribution < 1.29 is 13.2 Å². The van der Waals surface area contributed by atoms with E-state index in [0.29, 0.717) is 0 Å². The molecule has 0 aliphatic rings. The molecule has 1 amide bonds. The SMILES string of the molecule is C[C@H](N)C(=O)NCCS(=O)(=O)NCc1ccccc1.Cl. The molecule has 0 bridgehead atoms. The van der Waals surface area contributed by atoms with E-state index < -0.39 is 16.1 Å². The molecule has 1 atom stereocenters. The van der Waals surface area contributed by atoms with Crippen LogP contribution >= 0.6 is 12.4 Å². The highest BCUT2D eigenvalue weighted by atomic mass is 35.5. The predicted molar refractivity (Wildman–Crippen MR) is 81.0 cm³/mol. The number of hydrogen-bond acceptors (Lipinski definition) is 4. The Morgan fingerprint density at radius 2 is 1.90 bits per heavy atom. The normalized spacial score (nSPS) is 12.3. The highest BCUT2D eigenvalue weighted by Gasteiger charge is 2.12.